The largest absolute Gasteiger partial charge is 0.340 e. The third kappa shape index (κ3) is 4.43. The van der Waals surface area contributed by atoms with Crippen LogP contribution >= 0.6 is 0 Å². The standard InChI is InChI=1S/C25H32FN5O3/c1-24(2,3)16-9-11-25(12-10-16)22(33)31(23(34)29-25)15-19(32)28-20(21-27-13-14-30(21)4)17-7-5-6-8-18(17)26/h5-8,13-14,16,20H,9-12,15H2,1-4H3,(H,28,32)(H,29,34)/t16?,20-,25?/m1/s1. The molecule has 34 heavy (non-hydrogen) atoms. The van der Waals surface area contributed by atoms with Crippen molar-refractivity contribution < 1.29 is 18.8 Å². The molecule has 1 aliphatic heterocycles. The lowest BCUT2D eigenvalue weighted by molar-refractivity contribution is -0.136. The van der Waals surface area contributed by atoms with Crippen LogP contribution < -0.4 is 10.6 Å². The summed E-state index contributed by atoms with van der Waals surface area (Å²) in [6.07, 6.45) is 6.05. The van der Waals surface area contributed by atoms with Gasteiger partial charge in [-0.1, -0.05) is 39.0 Å². The molecule has 2 heterocycles. The molecule has 4 rings (SSSR count). The average molecular weight is 470 g/mol. The smallest absolute Gasteiger partial charge is 0.325 e. The van der Waals surface area contributed by atoms with E-state index in [1.807, 2.05) is 0 Å². The van der Waals surface area contributed by atoms with Gasteiger partial charge in [0.05, 0.1) is 0 Å². The number of hydrogen-bond donors (Lipinski definition) is 2. The van der Waals surface area contributed by atoms with Crippen LogP contribution in [0.3, 0.4) is 0 Å². The molecule has 2 fully saturated rings. The van der Waals surface area contributed by atoms with Crippen molar-refractivity contribution in [3.63, 3.8) is 0 Å². The fourth-order valence-electron chi connectivity index (χ4n) is 5.13. The van der Waals surface area contributed by atoms with Crippen molar-refractivity contribution in [3.8, 4) is 0 Å². The highest BCUT2D eigenvalue weighted by Crippen LogP contribution is 2.43. The molecular weight excluding hydrogens is 437 g/mol. The van der Waals surface area contributed by atoms with Crippen molar-refractivity contribution in [2.24, 2.45) is 18.4 Å². The van der Waals surface area contributed by atoms with E-state index in [1.165, 1.54) is 6.07 Å². The first-order chi connectivity index (χ1) is 16.0. The zero-order chi connectivity index (χ0) is 24.7. The minimum Gasteiger partial charge on any atom is -0.340 e. The summed E-state index contributed by atoms with van der Waals surface area (Å²) < 4.78 is 16.3. The molecule has 182 valence electrons. The molecule has 2 aromatic rings. The predicted molar refractivity (Wildman–Crippen MR) is 124 cm³/mol. The summed E-state index contributed by atoms with van der Waals surface area (Å²) in [5.41, 5.74) is -0.553. The first-order valence-electron chi connectivity index (χ1n) is 11.7. The van der Waals surface area contributed by atoms with Gasteiger partial charge in [0.15, 0.2) is 0 Å². The number of nitrogens with one attached hydrogen (secondary N) is 2. The maximum absolute atomic E-state index is 14.6. The Bertz CT molecular complexity index is 1100. The summed E-state index contributed by atoms with van der Waals surface area (Å²) in [5, 5.41) is 5.63. The molecule has 0 unspecified atom stereocenters. The molecule has 4 amide bonds. The molecular formula is C25H32FN5O3. The van der Waals surface area contributed by atoms with Gasteiger partial charge in [-0.25, -0.2) is 14.2 Å². The number of urea groups is 1. The molecule has 1 atom stereocenters. The van der Waals surface area contributed by atoms with Crippen molar-refractivity contribution in [1.29, 1.82) is 0 Å². The van der Waals surface area contributed by atoms with Gasteiger partial charge in [0, 0.05) is 25.0 Å². The normalized spacial score (nSPS) is 23.8. The lowest BCUT2D eigenvalue weighted by atomic mass is 9.67. The number of aryl methyl sites for hydroxylation is 1. The summed E-state index contributed by atoms with van der Waals surface area (Å²) in [4.78, 5) is 44.2. The molecule has 2 N–H and O–H groups in total. The van der Waals surface area contributed by atoms with Gasteiger partial charge in [-0.3, -0.25) is 14.5 Å². The van der Waals surface area contributed by atoms with Crippen molar-refractivity contribution in [1.82, 2.24) is 25.1 Å². The Morgan fingerprint density at radius 2 is 1.94 bits per heavy atom. The minimum absolute atomic E-state index is 0.138. The van der Waals surface area contributed by atoms with E-state index in [2.05, 4.69) is 36.4 Å². The number of aromatic nitrogens is 2. The number of nitrogens with zero attached hydrogens (tertiary/aromatic N) is 3. The summed E-state index contributed by atoms with van der Waals surface area (Å²) in [6.45, 7) is 6.13. The number of carbonyl (C=O) groups excluding carboxylic acids is 3. The first kappa shape index (κ1) is 23.9. The SMILES string of the molecule is Cn1ccnc1[C@H](NC(=O)CN1C(=O)NC2(CCC(C(C)(C)C)CC2)C1=O)c1ccccc1F. The molecule has 1 saturated heterocycles. The number of benzene rings is 1. The van der Waals surface area contributed by atoms with Crippen LogP contribution in [0.5, 0.6) is 0 Å². The van der Waals surface area contributed by atoms with Gasteiger partial charge in [-0.05, 0) is 43.1 Å². The second-order valence-corrected chi connectivity index (χ2v) is 10.5. The van der Waals surface area contributed by atoms with E-state index < -0.39 is 35.9 Å². The summed E-state index contributed by atoms with van der Waals surface area (Å²) in [5.74, 6) is -0.507. The Labute approximate surface area is 198 Å². The van der Waals surface area contributed by atoms with Gasteiger partial charge < -0.3 is 15.2 Å². The molecule has 1 aromatic heterocycles. The molecule has 1 aliphatic carbocycles. The van der Waals surface area contributed by atoms with Gasteiger partial charge in [0.2, 0.25) is 5.91 Å². The van der Waals surface area contributed by atoms with Crippen LogP contribution in [0.15, 0.2) is 36.7 Å². The maximum atomic E-state index is 14.6. The van der Waals surface area contributed by atoms with Crippen LogP contribution in [0.2, 0.25) is 0 Å². The molecule has 1 saturated carbocycles. The zero-order valence-corrected chi connectivity index (χ0v) is 20.1. The number of imide groups is 1. The van der Waals surface area contributed by atoms with E-state index >= 15 is 0 Å². The molecule has 1 spiro atoms. The number of imidazole rings is 1. The Morgan fingerprint density at radius 1 is 1.26 bits per heavy atom. The van der Waals surface area contributed by atoms with Crippen molar-refractivity contribution in [3.05, 3.63) is 53.9 Å². The van der Waals surface area contributed by atoms with E-state index in [9.17, 15) is 18.8 Å². The lowest BCUT2D eigenvalue weighted by Gasteiger charge is -2.40. The third-order valence-corrected chi connectivity index (χ3v) is 7.25. The van der Waals surface area contributed by atoms with Crippen LogP contribution in [-0.2, 0) is 16.6 Å². The van der Waals surface area contributed by atoms with E-state index in [0.717, 1.165) is 17.7 Å². The van der Waals surface area contributed by atoms with Crippen LogP contribution in [-0.4, -0.2) is 44.4 Å². The Hall–Kier alpha value is -3.23. The lowest BCUT2D eigenvalue weighted by Crippen LogP contribution is -2.51. The van der Waals surface area contributed by atoms with Crippen LogP contribution in [0, 0.1) is 17.2 Å². The van der Waals surface area contributed by atoms with Crippen LogP contribution in [0.1, 0.15) is 63.9 Å². The van der Waals surface area contributed by atoms with Gasteiger partial charge in [0.1, 0.15) is 29.8 Å². The topological polar surface area (TPSA) is 96.3 Å². The fourth-order valence-corrected chi connectivity index (χ4v) is 5.13. The highest BCUT2D eigenvalue weighted by molar-refractivity contribution is 6.09. The van der Waals surface area contributed by atoms with Crippen molar-refractivity contribution in [2.75, 3.05) is 6.54 Å². The summed E-state index contributed by atoms with van der Waals surface area (Å²) in [6, 6.07) is 4.70. The first-order valence-corrected chi connectivity index (χ1v) is 11.7. The van der Waals surface area contributed by atoms with E-state index in [1.54, 1.807) is 42.2 Å². The van der Waals surface area contributed by atoms with Gasteiger partial charge >= 0.3 is 6.03 Å². The molecule has 9 heteroatoms. The van der Waals surface area contributed by atoms with Crippen molar-refractivity contribution in [2.45, 2.75) is 58.0 Å². The monoisotopic (exact) mass is 469 g/mol. The number of rotatable bonds is 5. The Morgan fingerprint density at radius 3 is 2.53 bits per heavy atom. The van der Waals surface area contributed by atoms with E-state index in [0.29, 0.717) is 24.6 Å². The quantitative estimate of drug-likeness (QED) is 0.657. The fraction of sp³-hybridized carbons (Fsp3) is 0.520. The second kappa shape index (κ2) is 8.85. The predicted octanol–water partition coefficient (Wildman–Crippen LogP) is 3.29. The van der Waals surface area contributed by atoms with Gasteiger partial charge in [0.25, 0.3) is 5.91 Å². The van der Waals surface area contributed by atoms with Crippen LogP contribution in [0.4, 0.5) is 9.18 Å². The molecule has 2 aliphatic rings. The van der Waals surface area contributed by atoms with Crippen molar-refractivity contribution >= 4 is 17.8 Å². The van der Waals surface area contributed by atoms with Crippen LogP contribution in [0.25, 0.3) is 0 Å². The van der Waals surface area contributed by atoms with Gasteiger partial charge in [-0.2, -0.15) is 0 Å². The number of hydrogen-bond acceptors (Lipinski definition) is 4. The number of carbonyl (C=O) groups is 3. The summed E-state index contributed by atoms with van der Waals surface area (Å²) >= 11 is 0. The molecule has 0 bridgehead atoms. The summed E-state index contributed by atoms with van der Waals surface area (Å²) in [7, 11) is 1.75. The van der Waals surface area contributed by atoms with E-state index in [4.69, 9.17) is 0 Å². The van der Waals surface area contributed by atoms with E-state index in [-0.39, 0.29) is 16.9 Å². The maximum Gasteiger partial charge on any atom is 0.325 e. The number of halogens is 1. The highest BCUT2D eigenvalue weighted by atomic mass is 19.1. The Balaban J connectivity index is 1.49. The zero-order valence-electron chi connectivity index (χ0n) is 20.1. The second-order valence-electron chi connectivity index (χ2n) is 10.5. The minimum atomic E-state index is -0.941. The Kier molecular flexibility index (Phi) is 6.22. The molecule has 1 aromatic carbocycles. The average Bonchev–Trinajstić information content (AvgIpc) is 3.29. The highest BCUT2D eigenvalue weighted by Gasteiger charge is 2.53. The number of amides is 4. The molecule has 0 radical (unpaired) electrons. The van der Waals surface area contributed by atoms with Gasteiger partial charge in [-0.15, -0.1) is 0 Å². The third-order valence-electron chi connectivity index (χ3n) is 7.25. The molecule has 8 nitrogen and oxygen atoms in total.